The molecule has 1 N–H and O–H groups in total. The Kier molecular flexibility index (Phi) is 3.06. The molecule has 0 aromatic carbocycles. The first-order valence-electron chi connectivity index (χ1n) is 6.67. The quantitative estimate of drug-likeness (QED) is 0.811. The summed E-state index contributed by atoms with van der Waals surface area (Å²) >= 11 is 0. The Hall–Kier alpha value is -1.75. The maximum Gasteiger partial charge on any atom is 0.247 e. The Morgan fingerprint density at radius 2 is 2.16 bits per heavy atom. The van der Waals surface area contributed by atoms with Gasteiger partial charge in [-0.15, -0.1) is 0 Å². The number of likely N-dealkylation sites (tertiary alicyclic amines) is 1. The standard InChI is InChI=1S/C14H17N3O2/c1-9-3-2-4-10(16-9)8-15-12-7-13(18)17(14(12)19)11-5-6-11/h2-4,11-12,15H,5-8H2,1H3. The number of hydrogen-bond acceptors (Lipinski definition) is 4. The zero-order chi connectivity index (χ0) is 13.4. The summed E-state index contributed by atoms with van der Waals surface area (Å²) in [4.78, 5) is 29.7. The fourth-order valence-electron chi connectivity index (χ4n) is 2.45. The van der Waals surface area contributed by atoms with E-state index in [0.29, 0.717) is 6.54 Å². The molecule has 1 aliphatic heterocycles. The van der Waals surface area contributed by atoms with Gasteiger partial charge in [0.25, 0.3) is 0 Å². The number of nitrogens with one attached hydrogen (secondary N) is 1. The lowest BCUT2D eigenvalue weighted by molar-refractivity contribution is -0.139. The Morgan fingerprint density at radius 1 is 1.37 bits per heavy atom. The van der Waals surface area contributed by atoms with Gasteiger partial charge in [-0.05, 0) is 31.9 Å². The molecule has 2 fully saturated rings. The van der Waals surface area contributed by atoms with Crippen LogP contribution in [0.2, 0.25) is 0 Å². The van der Waals surface area contributed by atoms with E-state index in [4.69, 9.17) is 0 Å². The second kappa shape index (κ2) is 4.74. The molecule has 3 rings (SSSR count). The molecule has 100 valence electrons. The normalized spacial score (nSPS) is 23.2. The molecule has 2 heterocycles. The fourth-order valence-corrected chi connectivity index (χ4v) is 2.45. The van der Waals surface area contributed by atoms with Crippen LogP contribution in [-0.4, -0.2) is 33.8 Å². The highest BCUT2D eigenvalue weighted by Gasteiger charge is 2.45. The maximum absolute atomic E-state index is 12.1. The van der Waals surface area contributed by atoms with Gasteiger partial charge in [-0.1, -0.05) is 6.07 Å². The number of amides is 2. The predicted molar refractivity (Wildman–Crippen MR) is 69.1 cm³/mol. The van der Waals surface area contributed by atoms with Crippen LogP contribution < -0.4 is 5.32 Å². The zero-order valence-corrected chi connectivity index (χ0v) is 10.9. The first-order chi connectivity index (χ1) is 9.15. The van der Waals surface area contributed by atoms with Gasteiger partial charge >= 0.3 is 0 Å². The fraction of sp³-hybridized carbons (Fsp3) is 0.500. The van der Waals surface area contributed by atoms with E-state index in [1.54, 1.807) is 0 Å². The smallest absolute Gasteiger partial charge is 0.247 e. The van der Waals surface area contributed by atoms with Crippen molar-refractivity contribution in [1.29, 1.82) is 0 Å². The summed E-state index contributed by atoms with van der Waals surface area (Å²) in [5, 5.41) is 3.14. The van der Waals surface area contributed by atoms with Crippen molar-refractivity contribution in [3.05, 3.63) is 29.6 Å². The monoisotopic (exact) mass is 259 g/mol. The van der Waals surface area contributed by atoms with Crippen LogP contribution in [0.5, 0.6) is 0 Å². The number of rotatable bonds is 4. The molecule has 0 bridgehead atoms. The third kappa shape index (κ3) is 2.51. The molecular weight excluding hydrogens is 242 g/mol. The van der Waals surface area contributed by atoms with Crippen LogP contribution in [0.1, 0.15) is 30.7 Å². The number of aryl methyl sites for hydroxylation is 1. The summed E-state index contributed by atoms with van der Waals surface area (Å²) in [6.45, 7) is 2.45. The molecular formula is C14H17N3O2. The van der Waals surface area contributed by atoms with Gasteiger partial charge in [-0.25, -0.2) is 0 Å². The number of imide groups is 1. The number of carbonyl (C=O) groups excluding carboxylic acids is 2. The molecule has 1 aromatic rings. The first kappa shape index (κ1) is 12.3. The maximum atomic E-state index is 12.1. The van der Waals surface area contributed by atoms with Crippen molar-refractivity contribution in [2.75, 3.05) is 0 Å². The van der Waals surface area contributed by atoms with Crippen molar-refractivity contribution in [2.24, 2.45) is 0 Å². The highest BCUT2D eigenvalue weighted by molar-refractivity contribution is 6.06. The Bertz CT molecular complexity index is 525. The van der Waals surface area contributed by atoms with Crippen LogP contribution in [0.25, 0.3) is 0 Å². The third-order valence-corrected chi connectivity index (χ3v) is 3.57. The minimum absolute atomic E-state index is 0.0396. The van der Waals surface area contributed by atoms with Gasteiger partial charge in [0.05, 0.1) is 18.2 Å². The van der Waals surface area contributed by atoms with E-state index < -0.39 is 0 Å². The lowest BCUT2D eigenvalue weighted by atomic mass is 10.2. The molecule has 1 aromatic heterocycles. The summed E-state index contributed by atoms with van der Waals surface area (Å²) in [7, 11) is 0. The number of hydrogen-bond donors (Lipinski definition) is 1. The Labute approximate surface area is 112 Å². The molecule has 1 saturated heterocycles. The highest BCUT2D eigenvalue weighted by Crippen LogP contribution is 2.31. The van der Waals surface area contributed by atoms with Crippen molar-refractivity contribution in [2.45, 2.75) is 44.8 Å². The van der Waals surface area contributed by atoms with Gasteiger partial charge in [0.1, 0.15) is 0 Å². The average molecular weight is 259 g/mol. The van der Waals surface area contributed by atoms with Crippen molar-refractivity contribution in [1.82, 2.24) is 15.2 Å². The summed E-state index contributed by atoms with van der Waals surface area (Å²) < 4.78 is 0. The van der Waals surface area contributed by atoms with E-state index in [0.717, 1.165) is 24.2 Å². The van der Waals surface area contributed by atoms with E-state index >= 15 is 0 Å². The molecule has 5 nitrogen and oxygen atoms in total. The van der Waals surface area contributed by atoms with Gasteiger partial charge in [-0.2, -0.15) is 0 Å². The van der Waals surface area contributed by atoms with Crippen LogP contribution in [0, 0.1) is 6.92 Å². The molecule has 1 unspecified atom stereocenters. The summed E-state index contributed by atoms with van der Waals surface area (Å²) in [6.07, 6.45) is 2.20. The van der Waals surface area contributed by atoms with E-state index in [1.165, 1.54) is 4.90 Å². The molecule has 0 radical (unpaired) electrons. The molecule has 1 atom stereocenters. The zero-order valence-electron chi connectivity index (χ0n) is 10.9. The van der Waals surface area contributed by atoms with Crippen LogP contribution in [0.15, 0.2) is 18.2 Å². The molecule has 1 saturated carbocycles. The molecule has 0 spiro atoms. The number of carbonyl (C=O) groups is 2. The van der Waals surface area contributed by atoms with E-state index in [9.17, 15) is 9.59 Å². The van der Waals surface area contributed by atoms with Crippen molar-refractivity contribution >= 4 is 11.8 Å². The highest BCUT2D eigenvalue weighted by atomic mass is 16.2. The SMILES string of the molecule is Cc1cccc(CNC2CC(=O)N(C3CC3)C2=O)n1. The van der Waals surface area contributed by atoms with Crippen LogP contribution >= 0.6 is 0 Å². The molecule has 2 amide bonds. The third-order valence-electron chi connectivity index (χ3n) is 3.57. The predicted octanol–water partition coefficient (Wildman–Crippen LogP) is 0.770. The minimum Gasteiger partial charge on any atom is -0.300 e. The van der Waals surface area contributed by atoms with Crippen LogP contribution in [0.4, 0.5) is 0 Å². The molecule has 5 heteroatoms. The second-order valence-electron chi connectivity index (χ2n) is 5.24. The van der Waals surface area contributed by atoms with E-state index in [2.05, 4.69) is 10.3 Å². The van der Waals surface area contributed by atoms with Gasteiger partial charge < -0.3 is 0 Å². The van der Waals surface area contributed by atoms with Gasteiger partial charge in [0, 0.05) is 18.3 Å². The van der Waals surface area contributed by atoms with Crippen molar-refractivity contribution in [3.8, 4) is 0 Å². The Balaban J connectivity index is 1.61. The number of aromatic nitrogens is 1. The summed E-state index contributed by atoms with van der Waals surface area (Å²) in [5.41, 5.74) is 1.85. The number of pyridine rings is 1. The molecule has 19 heavy (non-hydrogen) atoms. The van der Waals surface area contributed by atoms with Crippen LogP contribution in [-0.2, 0) is 16.1 Å². The minimum atomic E-state index is -0.379. The summed E-state index contributed by atoms with van der Waals surface area (Å²) in [5.74, 6) is -0.109. The molecule has 2 aliphatic rings. The van der Waals surface area contributed by atoms with Gasteiger partial charge in [-0.3, -0.25) is 24.8 Å². The largest absolute Gasteiger partial charge is 0.300 e. The van der Waals surface area contributed by atoms with Gasteiger partial charge in [0.15, 0.2) is 0 Å². The van der Waals surface area contributed by atoms with E-state index in [-0.39, 0.29) is 30.3 Å². The number of nitrogens with zero attached hydrogens (tertiary/aromatic N) is 2. The van der Waals surface area contributed by atoms with Gasteiger partial charge in [0.2, 0.25) is 11.8 Å². The van der Waals surface area contributed by atoms with Crippen molar-refractivity contribution in [3.63, 3.8) is 0 Å². The van der Waals surface area contributed by atoms with Crippen LogP contribution in [0.3, 0.4) is 0 Å². The average Bonchev–Trinajstić information content (AvgIpc) is 3.15. The Morgan fingerprint density at radius 3 is 2.84 bits per heavy atom. The topological polar surface area (TPSA) is 62.3 Å². The first-order valence-corrected chi connectivity index (χ1v) is 6.67. The lowest BCUT2D eigenvalue weighted by Gasteiger charge is -2.14. The van der Waals surface area contributed by atoms with Crippen molar-refractivity contribution < 1.29 is 9.59 Å². The lowest BCUT2D eigenvalue weighted by Crippen LogP contribution is -2.39. The molecule has 1 aliphatic carbocycles. The van der Waals surface area contributed by atoms with E-state index in [1.807, 2.05) is 25.1 Å². The second-order valence-corrected chi connectivity index (χ2v) is 5.24. The summed E-state index contributed by atoms with van der Waals surface area (Å²) in [6, 6.07) is 5.58.